The number of carbonyl (C=O) groups excluding carboxylic acids is 2. The van der Waals surface area contributed by atoms with Gasteiger partial charge < -0.3 is 15.4 Å². The van der Waals surface area contributed by atoms with Crippen LogP contribution >= 0.6 is 0 Å². The number of hydrogen-bond acceptors (Lipinski definition) is 4. The molecular formula is C22H29N3O3. The molecule has 0 heterocycles. The highest BCUT2D eigenvalue weighted by Crippen LogP contribution is 2.24. The molecule has 0 saturated carbocycles. The van der Waals surface area contributed by atoms with Gasteiger partial charge in [-0.15, -0.1) is 0 Å². The fraction of sp³-hybridized carbons (Fsp3) is 0.364. The van der Waals surface area contributed by atoms with Crippen LogP contribution in [-0.2, 0) is 9.59 Å². The zero-order valence-corrected chi connectivity index (χ0v) is 17.2. The van der Waals surface area contributed by atoms with Crippen LogP contribution in [0.2, 0.25) is 0 Å². The largest absolute Gasteiger partial charge is 0.496 e. The van der Waals surface area contributed by atoms with E-state index < -0.39 is 0 Å². The molecule has 0 fully saturated rings. The van der Waals surface area contributed by atoms with E-state index in [0.717, 1.165) is 28.1 Å². The third-order valence-corrected chi connectivity index (χ3v) is 4.69. The molecule has 2 rings (SSSR count). The number of benzene rings is 2. The third-order valence-electron chi connectivity index (χ3n) is 4.69. The van der Waals surface area contributed by atoms with Crippen LogP contribution in [0, 0.1) is 13.8 Å². The van der Waals surface area contributed by atoms with E-state index in [0.29, 0.717) is 0 Å². The van der Waals surface area contributed by atoms with E-state index in [1.807, 2.05) is 63.2 Å². The molecule has 6 nitrogen and oxygen atoms in total. The fourth-order valence-corrected chi connectivity index (χ4v) is 3.01. The van der Waals surface area contributed by atoms with Gasteiger partial charge in [0.05, 0.1) is 26.2 Å². The van der Waals surface area contributed by atoms with Crippen LogP contribution in [0.1, 0.15) is 29.7 Å². The summed E-state index contributed by atoms with van der Waals surface area (Å²) in [6.07, 6.45) is 0. The first-order valence-corrected chi connectivity index (χ1v) is 9.28. The number of aryl methyl sites for hydroxylation is 1. The molecule has 2 aromatic rings. The second-order valence-corrected chi connectivity index (χ2v) is 7.00. The maximum Gasteiger partial charge on any atom is 0.238 e. The quantitative estimate of drug-likeness (QED) is 0.735. The zero-order chi connectivity index (χ0) is 20.7. The second kappa shape index (κ2) is 9.90. The summed E-state index contributed by atoms with van der Waals surface area (Å²) < 4.78 is 5.34. The lowest BCUT2D eigenvalue weighted by Crippen LogP contribution is -2.39. The highest BCUT2D eigenvalue weighted by Gasteiger charge is 2.16. The van der Waals surface area contributed by atoms with Crippen LogP contribution in [0.4, 0.5) is 5.69 Å². The number of methoxy groups -OCH3 is 1. The molecule has 2 aromatic carbocycles. The van der Waals surface area contributed by atoms with Crippen molar-refractivity contribution in [3.05, 3.63) is 59.2 Å². The second-order valence-electron chi connectivity index (χ2n) is 7.00. The van der Waals surface area contributed by atoms with E-state index in [4.69, 9.17) is 4.74 Å². The Hall–Kier alpha value is -2.86. The van der Waals surface area contributed by atoms with E-state index in [9.17, 15) is 9.59 Å². The molecular weight excluding hydrogens is 354 g/mol. The van der Waals surface area contributed by atoms with E-state index in [1.165, 1.54) is 0 Å². The SMILES string of the molecule is COc1ccccc1C(C)NC(=O)CN(C)CC(=O)Nc1cccc(C)c1C. The van der Waals surface area contributed by atoms with Crippen molar-refractivity contribution in [3.63, 3.8) is 0 Å². The van der Waals surface area contributed by atoms with Crippen molar-refractivity contribution in [1.82, 2.24) is 10.2 Å². The maximum atomic E-state index is 12.4. The number of rotatable bonds is 8. The number of nitrogens with zero attached hydrogens (tertiary/aromatic N) is 1. The summed E-state index contributed by atoms with van der Waals surface area (Å²) in [5.41, 5.74) is 3.87. The van der Waals surface area contributed by atoms with Crippen LogP contribution in [-0.4, -0.2) is 44.0 Å². The molecule has 0 bridgehead atoms. The Morgan fingerprint density at radius 2 is 1.71 bits per heavy atom. The first-order chi connectivity index (χ1) is 13.3. The van der Waals surface area contributed by atoms with Crippen LogP contribution in [0.15, 0.2) is 42.5 Å². The number of amides is 2. The summed E-state index contributed by atoms with van der Waals surface area (Å²) in [4.78, 5) is 26.3. The number of likely N-dealkylation sites (N-methyl/N-ethyl adjacent to an activating group) is 1. The van der Waals surface area contributed by atoms with Crippen LogP contribution in [0.25, 0.3) is 0 Å². The number of hydrogen-bond donors (Lipinski definition) is 2. The number of anilines is 1. The molecule has 0 aliphatic rings. The normalized spacial score (nSPS) is 11.8. The average molecular weight is 383 g/mol. The average Bonchev–Trinajstić information content (AvgIpc) is 2.65. The van der Waals surface area contributed by atoms with Crippen molar-refractivity contribution < 1.29 is 14.3 Å². The maximum absolute atomic E-state index is 12.4. The molecule has 2 N–H and O–H groups in total. The number of carbonyl (C=O) groups is 2. The van der Waals surface area contributed by atoms with Gasteiger partial charge in [-0.25, -0.2) is 0 Å². The Morgan fingerprint density at radius 3 is 2.43 bits per heavy atom. The van der Waals surface area contributed by atoms with Crippen molar-refractivity contribution in [1.29, 1.82) is 0 Å². The molecule has 0 aliphatic carbocycles. The first-order valence-electron chi connectivity index (χ1n) is 9.28. The number of nitrogens with one attached hydrogen (secondary N) is 2. The monoisotopic (exact) mass is 383 g/mol. The summed E-state index contributed by atoms with van der Waals surface area (Å²) in [6.45, 7) is 6.14. The topological polar surface area (TPSA) is 70.7 Å². The molecule has 28 heavy (non-hydrogen) atoms. The van der Waals surface area contributed by atoms with E-state index in [-0.39, 0.29) is 30.9 Å². The molecule has 1 atom stereocenters. The lowest BCUT2D eigenvalue weighted by Gasteiger charge is -2.20. The highest BCUT2D eigenvalue weighted by atomic mass is 16.5. The molecule has 150 valence electrons. The Morgan fingerprint density at radius 1 is 1.04 bits per heavy atom. The Balaban J connectivity index is 1.86. The molecule has 0 spiro atoms. The lowest BCUT2D eigenvalue weighted by molar-refractivity contribution is -0.123. The predicted molar refractivity (Wildman–Crippen MR) is 112 cm³/mol. The van der Waals surface area contributed by atoms with Gasteiger partial charge in [-0.05, 0) is 51.1 Å². The molecule has 0 radical (unpaired) electrons. The first kappa shape index (κ1) is 21.4. The highest BCUT2D eigenvalue weighted by molar-refractivity contribution is 5.93. The summed E-state index contributed by atoms with van der Waals surface area (Å²) in [5, 5.41) is 5.86. The fourth-order valence-electron chi connectivity index (χ4n) is 3.01. The van der Waals surface area contributed by atoms with E-state index >= 15 is 0 Å². The zero-order valence-electron chi connectivity index (χ0n) is 17.2. The number of para-hydroxylation sites is 1. The van der Waals surface area contributed by atoms with Gasteiger partial charge in [0.25, 0.3) is 0 Å². The minimum atomic E-state index is -0.194. The molecule has 2 amide bonds. The minimum absolute atomic E-state index is 0.125. The van der Waals surface area contributed by atoms with Gasteiger partial charge in [0, 0.05) is 11.3 Å². The summed E-state index contributed by atoms with van der Waals surface area (Å²) >= 11 is 0. The van der Waals surface area contributed by atoms with Gasteiger partial charge in [0.2, 0.25) is 11.8 Å². The van der Waals surface area contributed by atoms with E-state index in [2.05, 4.69) is 10.6 Å². The smallest absolute Gasteiger partial charge is 0.238 e. The summed E-state index contributed by atoms with van der Waals surface area (Å²) in [6, 6.07) is 13.2. The van der Waals surface area contributed by atoms with Crippen LogP contribution in [0.3, 0.4) is 0 Å². The molecule has 0 aliphatic heterocycles. The lowest BCUT2D eigenvalue weighted by atomic mass is 10.1. The Labute approximate surface area is 166 Å². The summed E-state index contributed by atoms with van der Waals surface area (Å²) in [7, 11) is 3.35. The van der Waals surface area contributed by atoms with E-state index in [1.54, 1.807) is 19.1 Å². The Kier molecular flexibility index (Phi) is 7.58. The van der Waals surface area contributed by atoms with Crippen molar-refractivity contribution >= 4 is 17.5 Å². The van der Waals surface area contributed by atoms with Gasteiger partial charge in [-0.2, -0.15) is 0 Å². The molecule has 0 aromatic heterocycles. The van der Waals surface area contributed by atoms with Gasteiger partial charge in [-0.1, -0.05) is 30.3 Å². The minimum Gasteiger partial charge on any atom is -0.496 e. The van der Waals surface area contributed by atoms with Crippen molar-refractivity contribution in [2.24, 2.45) is 0 Å². The number of ether oxygens (including phenoxy) is 1. The summed E-state index contributed by atoms with van der Waals surface area (Å²) in [5.74, 6) is 0.429. The van der Waals surface area contributed by atoms with Gasteiger partial charge in [-0.3, -0.25) is 14.5 Å². The van der Waals surface area contributed by atoms with Gasteiger partial charge in [0.15, 0.2) is 0 Å². The van der Waals surface area contributed by atoms with Crippen LogP contribution in [0.5, 0.6) is 5.75 Å². The Bertz CT molecular complexity index is 836. The molecule has 6 heteroatoms. The van der Waals surface area contributed by atoms with Crippen molar-refractivity contribution in [3.8, 4) is 5.75 Å². The predicted octanol–water partition coefficient (Wildman–Crippen LogP) is 3.06. The van der Waals surface area contributed by atoms with Crippen LogP contribution < -0.4 is 15.4 Å². The molecule has 1 unspecified atom stereocenters. The van der Waals surface area contributed by atoms with Gasteiger partial charge >= 0.3 is 0 Å². The standard InChI is InChI=1S/C22H29N3O3/c1-15-9-8-11-19(16(15)2)24-22(27)14-25(4)13-21(26)23-17(3)18-10-6-7-12-20(18)28-5/h6-12,17H,13-14H2,1-5H3,(H,23,26)(H,24,27). The third kappa shape index (κ3) is 5.82. The molecule has 0 saturated heterocycles. The van der Waals surface area contributed by atoms with Crippen molar-refractivity contribution in [2.75, 3.05) is 32.6 Å². The van der Waals surface area contributed by atoms with Gasteiger partial charge in [0.1, 0.15) is 5.75 Å². The van der Waals surface area contributed by atoms with Crippen molar-refractivity contribution in [2.45, 2.75) is 26.8 Å².